The SMILES string of the molecule is SCC1(CSC2CCCC2)CCCC1. The maximum atomic E-state index is 4.56. The fourth-order valence-electron chi connectivity index (χ4n) is 2.82. The van der Waals surface area contributed by atoms with Crippen molar-refractivity contribution >= 4 is 24.4 Å². The molecule has 2 aliphatic rings. The number of hydrogen-bond acceptors (Lipinski definition) is 2. The van der Waals surface area contributed by atoms with Crippen LogP contribution < -0.4 is 0 Å². The van der Waals surface area contributed by atoms with Crippen LogP contribution in [0.2, 0.25) is 0 Å². The Bertz CT molecular complexity index is 167. The van der Waals surface area contributed by atoms with Crippen LogP contribution >= 0.6 is 24.4 Å². The van der Waals surface area contributed by atoms with Crippen molar-refractivity contribution in [1.82, 2.24) is 0 Å². The van der Waals surface area contributed by atoms with Gasteiger partial charge in [-0.25, -0.2) is 0 Å². The van der Waals surface area contributed by atoms with Crippen LogP contribution in [0.5, 0.6) is 0 Å². The molecule has 0 spiro atoms. The van der Waals surface area contributed by atoms with Crippen molar-refractivity contribution < 1.29 is 0 Å². The lowest BCUT2D eigenvalue weighted by atomic mass is 9.91. The molecule has 2 aliphatic carbocycles. The Hall–Kier alpha value is 0.700. The van der Waals surface area contributed by atoms with Crippen LogP contribution in [0.25, 0.3) is 0 Å². The summed E-state index contributed by atoms with van der Waals surface area (Å²) in [6.45, 7) is 0. The van der Waals surface area contributed by atoms with Gasteiger partial charge in [-0.1, -0.05) is 25.7 Å². The van der Waals surface area contributed by atoms with Gasteiger partial charge in [0.1, 0.15) is 0 Å². The summed E-state index contributed by atoms with van der Waals surface area (Å²) in [5.41, 5.74) is 0.621. The van der Waals surface area contributed by atoms with E-state index in [1.807, 2.05) is 0 Å². The smallest absolute Gasteiger partial charge is 0.00472 e. The first-order chi connectivity index (χ1) is 6.85. The molecule has 0 nitrogen and oxygen atoms in total. The van der Waals surface area contributed by atoms with E-state index >= 15 is 0 Å². The molecule has 0 amide bonds. The lowest BCUT2D eigenvalue weighted by molar-refractivity contribution is 0.403. The monoisotopic (exact) mass is 230 g/mol. The molecule has 0 N–H and O–H groups in total. The van der Waals surface area contributed by atoms with Gasteiger partial charge in [0, 0.05) is 5.25 Å². The van der Waals surface area contributed by atoms with Crippen molar-refractivity contribution in [3.05, 3.63) is 0 Å². The van der Waals surface area contributed by atoms with Gasteiger partial charge < -0.3 is 0 Å². The maximum absolute atomic E-state index is 4.56. The summed E-state index contributed by atoms with van der Waals surface area (Å²) in [7, 11) is 0. The highest BCUT2D eigenvalue weighted by molar-refractivity contribution is 8.00. The third-order valence-corrected chi connectivity index (χ3v) is 6.32. The highest BCUT2D eigenvalue weighted by atomic mass is 32.2. The second-order valence-electron chi connectivity index (χ2n) is 5.08. The van der Waals surface area contributed by atoms with E-state index in [-0.39, 0.29) is 0 Å². The first-order valence-electron chi connectivity index (χ1n) is 6.07. The van der Waals surface area contributed by atoms with Gasteiger partial charge in [0.15, 0.2) is 0 Å². The van der Waals surface area contributed by atoms with Crippen molar-refractivity contribution in [2.45, 2.75) is 56.6 Å². The van der Waals surface area contributed by atoms with Gasteiger partial charge in [0.2, 0.25) is 0 Å². The zero-order chi connectivity index (χ0) is 9.86. The van der Waals surface area contributed by atoms with Gasteiger partial charge >= 0.3 is 0 Å². The van der Waals surface area contributed by atoms with Crippen molar-refractivity contribution in [3.8, 4) is 0 Å². The Morgan fingerprint density at radius 2 is 1.71 bits per heavy atom. The zero-order valence-corrected chi connectivity index (χ0v) is 10.7. The molecule has 0 aromatic carbocycles. The predicted octanol–water partition coefficient (Wildman–Crippen LogP) is 4.15. The normalized spacial score (nSPS) is 27.2. The van der Waals surface area contributed by atoms with Crippen LogP contribution in [-0.4, -0.2) is 16.8 Å². The van der Waals surface area contributed by atoms with E-state index in [4.69, 9.17) is 0 Å². The zero-order valence-electron chi connectivity index (χ0n) is 9.00. The van der Waals surface area contributed by atoms with Gasteiger partial charge in [-0.3, -0.25) is 0 Å². The van der Waals surface area contributed by atoms with E-state index in [9.17, 15) is 0 Å². The van der Waals surface area contributed by atoms with E-state index in [2.05, 4.69) is 24.4 Å². The Morgan fingerprint density at radius 3 is 2.29 bits per heavy atom. The average Bonchev–Trinajstić information content (AvgIpc) is 2.87. The lowest BCUT2D eigenvalue weighted by Crippen LogP contribution is -2.22. The second kappa shape index (κ2) is 5.16. The maximum Gasteiger partial charge on any atom is 0.00472 e. The van der Waals surface area contributed by atoms with Crippen LogP contribution in [0.3, 0.4) is 0 Å². The van der Waals surface area contributed by atoms with Gasteiger partial charge in [-0.05, 0) is 42.6 Å². The highest BCUT2D eigenvalue weighted by Gasteiger charge is 2.33. The molecule has 0 aromatic rings. The lowest BCUT2D eigenvalue weighted by Gasteiger charge is -2.27. The van der Waals surface area contributed by atoms with Gasteiger partial charge in [-0.15, -0.1) is 0 Å². The Labute approximate surface area is 98.0 Å². The summed E-state index contributed by atoms with van der Waals surface area (Å²) in [5, 5.41) is 0.993. The first-order valence-corrected chi connectivity index (χ1v) is 7.75. The summed E-state index contributed by atoms with van der Waals surface area (Å²) in [6, 6.07) is 0. The van der Waals surface area contributed by atoms with Crippen LogP contribution in [-0.2, 0) is 0 Å². The molecule has 0 bridgehead atoms. The van der Waals surface area contributed by atoms with Crippen molar-refractivity contribution in [2.75, 3.05) is 11.5 Å². The van der Waals surface area contributed by atoms with Crippen molar-refractivity contribution in [2.24, 2.45) is 5.41 Å². The largest absolute Gasteiger partial charge is 0.179 e. The molecule has 2 saturated carbocycles. The standard InChI is InChI=1S/C12H22S2/c13-9-12(7-3-4-8-12)10-14-11-5-1-2-6-11/h11,13H,1-10H2. The van der Waals surface area contributed by atoms with Crippen LogP contribution in [0.4, 0.5) is 0 Å². The predicted molar refractivity (Wildman–Crippen MR) is 69.5 cm³/mol. The topological polar surface area (TPSA) is 0 Å². The molecule has 2 rings (SSSR count). The first kappa shape index (κ1) is 11.2. The molecule has 0 unspecified atom stereocenters. The fraction of sp³-hybridized carbons (Fsp3) is 1.00. The third kappa shape index (κ3) is 2.63. The number of thiol groups is 1. The van der Waals surface area contributed by atoms with Crippen LogP contribution in [0, 0.1) is 5.41 Å². The van der Waals surface area contributed by atoms with Gasteiger partial charge in [0.25, 0.3) is 0 Å². The van der Waals surface area contributed by atoms with Crippen LogP contribution in [0.1, 0.15) is 51.4 Å². The summed E-state index contributed by atoms with van der Waals surface area (Å²) < 4.78 is 0. The fourth-order valence-corrected chi connectivity index (χ4v) is 5.05. The molecule has 2 heteroatoms. The minimum Gasteiger partial charge on any atom is -0.179 e. The van der Waals surface area contributed by atoms with Crippen LogP contribution in [0.15, 0.2) is 0 Å². The summed E-state index contributed by atoms with van der Waals surface area (Å²) in [5.74, 6) is 2.51. The molecule has 2 fully saturated rings. The molecule has 0 saturated heterocycles. The van der Waals surface area contributed by atoms with Crippen molar-refractivity contribution in [3.63, 3.8) is 0 Å². The van der Waals surface area contributed by atoms with Gasteiger partial charge in [-0.2, -0.15) is 24.4 Å². The minimum absolute atomic E-state index is 0.621. The van der Waals surface area contributed by atoms with E-state index < -0.39 is 0 Å². The molecular formula is C12H22S2. The summed E-state index contributed by atoms with van der Waals surface area (Å²) >= 11 is 6.82. The summed E-state index contributed by atoms with van der Waals surface area (Å²) in [6.07, 6.45) is 11.7. The molecule has 0 aliphatic heterocycles. The molecule has 0 atom stereocenters. The minimum atomic E-state index is 0.621. The van der Waals surface area contributed by atoms with E-state index in [0.717, 1.165) is 11.0 Å². The quantitative estimate of drug-likeness (QED) is 0.708. The molecule has 0 heterocycles. The molecule has 82 valence electrons. The number of thioether (sulfide) groups is 1. The van der Waals surface area contributed by atoms with E-state index in [0.29, 0.717) is 5.41 Å². The Balaban J connectivity index is 1.76. The highest BCUT2D eigenvalue weighted by Crippen LogP contribution is 2.43. The van der Waals surface area contributed by atoms with E-state index in [1.54, 1.807) is 0 Å². The van der Waals surface area contributed by atoms with Crippen molar-refractivity contribution in [1.29, 1.82) is 0 Å². The summed E-state index contributed by atoms with van der Waals surface area (Å²) in [4.78, 5) is 0. The van der Waals surface area contributed by atoms with E-state index in [1.165, 1.54) is 57.1 Å². The molecule has 0 aromatic heterocycles. The molecular weight excluding hydrogens is 208 g/mol. The average molecular weight is 230 g/mol. The van der Waals surface area contributed by atoms with Gasteiger partial charge in [0.05, 0.1) is 0 Å². The second-order valence-corrected chi connectivity index (χ2v) is 6.69. The number of rotatable bonds is 4. The molecule has 0 radical (unpaired) electrons. The third-order valence-electron chi connectivity index (χ3n) is 3.93. The molecule has 14 heavy (non-hydrogen) atoms. The number of hydrogen-bond donors (Lipinski definition) is 1. The Morgan fingerprint density at radius 1 is 1.07 bits per heavy atom. The Kier molecular flexibility index (Phi) is 4.12.